The van der Waals surface area contributed by atoms with E-state index in [9.17, 15) is 0 Å². The number of hydrogen-bond acceptors (Lipinski definition) is 4. The van der Waals surface area contributed by atoms with Gasteiger partial charge in [-0.1, -0.05) is 62.3 Å². The third-order valence-electron chi connectivity index (χ3n) is 8.52. The van der Waals surface area contributed by atoms with Crippen LogP contribution in [-0.2, 0) is 13.3 Å². The molecule has 0 aromatic heterocycles. The smallest absolute Gasteiger partial charge is 0.192 e. The molecule has 0 aromatic rings. The van der Waals surface area contributed by atoms with Crippen molar-refractivity contribution in [1.29, 1.82) is 0 Å². The molecule has 0 aliphatic carbocycles. The van der Waals surface area contributed by atoms with E-state index in [0.717, 1.165) is 13.0 Å². The average molecular weight is 490 g/mol. The summed E-state index contributed by atoms with van der Waals surface area (Å²) in [4.78, 5) is 0. The third-order valence-corrected chi connectivity index (χ3v) is 22.0. The summed E-state index contributed by atoms with van der Waals surface area (Å²) in [5.74, 6) is 0. The molecule has 0 spiro atoms. The first-order valence-corrected chi connectivity index (χ1v) is 21.0. The molecule has 1 N–H and O–H groups in total. The molecular weight excluding hydrogens is 435 g/mol. The van der Waals surface area contributed by atoms with E-state index in [1.54, 1.807) is 0 Å². The third kappa shape index (κ3) is 7.49. The van der Waals surface area contributed by atoms with E-state index >= 15 is 0 Å². The van der Waals surface area contributed by atoms with Gasteiger partial charge in [0.1, 0.15) is 0 Å². The minimum absolute atomic E-state index is 0.0357. The van der Waals surface area contributed by atoms with Crippen LogP contribution in [0.2, 0.25) is 54.4 Å². The van der Waals surface area contributed by atoms with Gasteiger partial charge in [-0.05, 0) is 67.4 Å². The van der Waals surface area contributed by atoms with Crippen molar-refractivity contribution in [1.82, 2.24) is 5.32 Å². The van der Waals surface area contributed by atoms with Gasteiger partial charge in [0.2, 0.25) is 0 Å². The minimum Gasteiger partial charge on any atom is -0.415 e. The molecule has 186 valence electrons. The van der Waals surface area contributed by atoms with Gasteiger partial charge in [-0.15, -0.1) is 0 Å². The fourth-order valence-electron chi connectivity index (χ4n) is 2.98. The number of nitrogens with one attached hydrogen (secondary N) is 1. The van der Waals surface area contributed by atoms with E-state index in [0.29, 0.717) is 6.61 Å². The van der Waals surface area contributed by atoms with Gasteiger partial charge in [0, 0.05) is 0 Å². The maximum absolute atomic E-state index is 7.09. The zero-order valence-electron chi connectivity index (χ0n) is 23.6. The first-order valence-electron chi connectivity index (χ1n) is 12.2. The Kier molecular flexibility index (Phi) is 9.17. The van der Waals surface area contributed by atoms with E-state index in [-0.39, 0.29) is 33.4 Å². The SMILES string of the molecule is CC(C)(C)[Si](C)(C)OC[C@H]1NCCC(O[Si](C)(C)C(C)(C)C)C1O[Si](C)(C)C(C)(C)C. The molecule has 7 heteroatoms. The molecule has 1 aliphatic heterocycles. The van der Waals surface area contributed by atoms with Crippen molar-refractivity contribution in [2.24, 2.45) is 0 Å². The summed E-state index contributed by atoms with van der Waals surface area (Å²) >= 11 is 0. The Labute approximate surface area is 198 Å². The van der Waals surface area contributed by atoms with Crippen LogP contribution in [0, 0.1) is 0 Å². The summed E-state index contributed by atoms with van der Waals surface area (Å²) < 4.78 is 20.8. The molecule has 1 saturated heterocycles. The van der Waals surface area contributed by atoms with Crippen LogP contribution in [-0.4, -0.2) is 56.4 Å². The maximum Gasteiger partial charge on any atom is 0.192 e. The van der Waals surface area contributed by atoms with Crippen LogP contribution in [0.25, 0.3) is 0 Å². The van der Waals surface area contributed by atoms with Crippen LogP contribution in [0.4, 0.5) is 0 Å². The summed E-state index contributed by atoms with van der Waals surface area (Å²) in [5.41, 5.74) is 0. The number of rotatable bonds is 7. The molecule has 31 heavy (non-hydrogen) atoms. The lowest BCUT2D eigenvalue weighted by Gasteiger charge is -2.49. The predicted molar refractivity (Wildman–Crippen MR) is 144 cm³/mol. The molecule has 0 saturated carbocycles. The quantitative estimate of drug-likeness (QED) is 0.385. The fraction of sp³-hybridized carbons (Fsp3) is 1.00. The highest BCUT2D eigenvalue weighted by molar-refractivity contribution is 6.75. The van der Waals surface area contributed by atoms with Crippen molar-refractivity contribution < 1.29 is 13.3 Å². The molecule has 3 atom stereocenters. The lowest BCUT2D eigenvalue weighted by Crippen LogP contribution is -2.63. The monoisotopic (exact) mass is 489 g/mol. The Hall–Kier alpha value is 0.491. The normalized spacial score (nSPS) is 25.1. The van der Waals surface area contributed by atoms with Gasteiger partial charge >= 0.3 is 0 Å². The lowest BCUT2D eigenvalue weighted by molar-refractivity contribution is -0.0225. The summed E-state index contributed by atoms with van der Waals surface area (Å²) in [7, 11) is -5.69. The summed E-state index contributed by atoms with van der Waals surface area (Å²) in [5, 5.41) is 4.31. The summed E-state index contributed by atoms with van der Waals surface area (Å²) in [6, 6.07) is 0.173. The molecule has 1 rings (SSSR count). The zero-order chi connectivity index (χ0) is 24.7. The minimum atomic E-state index is -1.96. The standard InChI is InChI=1S/C24H55NO3Si3/c1-22(2,3)29(10,11)26-18-19-21(28-31(14,15)24(7,8)9)20(16-17-25-19)27-30(12,13)23(4,5)6/h19-21,25H,16-18H2,1-15H3/t19-,20?,21?/m1/s1. The van der Waals surface area contributed by atoms with E-state index < -0.39 is 25.0 Å². The highest BCUT2D eigenvalue weighted by Crippen LogP contribution is 2.42. The van der Waals surface area contributed by atoms with Crippen molar-refractivity contribution in [2.75, 3.05) is 13.2 Å². The Morgan fingerprint density at radius 2 is 1.10 bits per heavy atom. The van der Waals surface area contributed by atoms with Crippen molar-refractivity contribution in [3.05, 3.63) is 0 Å². The Balaban J connectivity index is 3.20. The topological polar surface area (TPSA) is 39.7 Å². The maximum atomic E-state index is 7.09. The van der Waals surface area contributed by atoms with Crippen molar-refractivity contribution in [3.63, 3.8) is 0 Å². The molecule has 1 fully saturated rings. The van der Waals surface area contributed by atoms with Gasteiger partial charge in [-0.25, -0.2) is 0 Å². The first kappa shape index (κ1) is 29.5. The molecule has 0 bridgehead atoms. The molecular formula is C24H55NO3Si3. The van der Waals surface area contributed by atoms with Gasteiger partial charge in [0.25, 0.3) is 0 Å². The highest BCUT2D eigenvalue weighted by Gasteiger charge is 2.48. The van der Waals surface area contributed by atoms with Crippen LogP contribution >= 0.6 is 0 Å². The molecule has 1 heterocycles. The second-order valence-electron chi connectivity index (χ2n) is 14.2. The van der Waals surface area contributed by atoms with Gasteiger partial charge in [0.15, 0.2) is 25.0 Å². The predicted octanol–water partition coefficient (Wildman–Crippen LogP) is 7.15. The van der Waals surface area contributed by atoms with Crippen LogP contribution < -0.4 is 5.32 Å². The molecule has 4 nitrogen and oxygen atoms in total. The second-order valence-corrected chi connectivity index (χ2v) is 28.5. The van der Waals surface area contributed by atoms with Gasteiger partial charge < -0.3 is 18.6 Å². The van der Waals surface area contributed by atoms with Crippen LogP contribution in [0.3, 0.4) is 0 Å². The molecule has 0 radical (unpaired) electrons. The van der Waals surface area contributed by atoms with E-state index in [2.05, 4.69) is 107 Å². The Morgan fingerprint density at radius 1 is 0.677 bits per heavy atom. The average Bonchev–Trinajstić information content (AvgIpc) is 2.51. The van der Waals surface area contributed by atoms with Crippen molar-refractivity contribution in [3.8, 4) is 0 Å². The van der Waals surface area contributed by atoms with E-state index in [4.69, 9.17) is 13.3 Å². The zero-order valence-corrected chi connectivity index (χ0v) is 26.6. The van der Waals surface area contributed by atoms with Crippen LogP contribution in [0.15, 0.2) is 0 Å². The Bertz CT molecular complexity index is 586. The van der Waals surface area contributed by atoms with Crippen LogP contribution in [0.1, 0.15) is 68.7 Å². The van der Waals surface area contributed by atoms with Crippen molar-refractivity contribution >= 4 is 25.0 Å². The largest absolute Gasteiger partial charge is 0.415 e. The lowest BCUT2D eigenvalue weighted by atomic mass is 9.99. The van der Waals surface area contributed by atoms with Gasteiger partial charge in [0.05, 0.1) is 24.9 Å². The highest BCUT2D eigenvalue weighted by atomic mass is 28.4. The number of hydrogen-bond donors (Lipinski definition) is 1. The fourth-order valence-corrected chi connectivity index (χ4v) is 6.72. The van der Waals surface area contributed by atoms with E-state index in [1.165, 1.54) is 0 Å². The molecule has 0 amide bonds. The van der Waals surface area contributed by atoms with E-state index in [1.807, 2.05) is 0 Å². The number of piperidine rings is 1. The first-order chi connectivity index (χ1) is 13.5. The van der Waals surface area contributed by atoms with Gasteiger partial charge in [-0.2, -0.15) is 0 Å². The molecule has 0 aromatic carbocycles. The molecule has 1 aliphatic rings. The summed E-state index contributed by atoms with van der Waals surface area (Å²) in [6.45, 7) is 36.6. The van der Waals surface area contributed by atoms with Crippen LogP contribution in [0.5, 0.6) is 0 Å². The van der Waals surface area contributed by atoms with Crippen molar-refractivity contribution in [2.45, 2.75) is 141 Å². The van der Waals surface area contributed by atoms with Gasteiger partial charge in [-0.3, -0.25) is 0 Å². The Morgan fingerprint density at radius 3 is 1.52 bits per heavy atom. The summed E-state index contributed by atoms with van der Waals surface area (Å²) in [6.07, 6.45) is 1.17. The molecule has 2 unspecified atom stereocenters. The second kappa shape index (κ2) is 9.62.